The number of sulfonamides is 1. The van der Waals surface area contributed by atoms with Crippen molar-refractivity contribution in [1.29, 1.82) is 0 Å². The number of amidine groups is 1. The van der Waals surface area contributed by atoms with Crippen molar-refractivity contribution in [3.8, 4) is 5.69 Å². The van der Waals surface area contributed by atoms with Crippen LogP contribution in [0, 0.1) is 0 Å². The number of hydrogen-bond donors (Lipinski definition) is 1. The molecule has 0 spiro atoms. The predicted octanol–water partition coefficient (Wildman–Crippen LogP) is 1.91. The van der Waals surface area contributed by atoms with E-state index in [1.165, 1.54) is 12.4 Å². The average molecular weight is 439 g/mol. The molecular weight excluding hydrogens is 416 g/mol. The lowest BCUT2D eigenvalue weighted by molar-refractivity contribution is -0.132. The van der Waals surface area contributed by atoms with E-state index >= 15 is 0 Å². The van der Waals surface area contributed by atoms with Gasteiger partial charge in [-0.3, -0.25) is 14.5 Å². The van der Waals surface area contributed by atoms with Crippen LogP contribution in [0.5, 0.6) is 0 Å². The van der Waals surface area contributed by atoms with Gasteiger partial charge in [0.25, 0.3) is 10.0 Å². The molecule has 1 amide bonds. The summed E-state index contributed by atoms with van der Waals surface area (Å²) in [7, 11) is -1.94. The lowest BCUT2D eigenvalue weighted by atomic mass is 10.1. The number of aromatic nitrogens is 3. The number of carbonyl (C=O) groups is 1. The van der Waals surface area contributed by atoms with Crippen LogP contribution in [0.25, 0.3) is 5.69 Å². The number of nitrogens with one attached hydrogen (secondary N) is 1. The smallest absolute Gasteiger partial charge is 0.263 e. The van der Waals surface area contributed by atoms with Gasteiger partial charge in [-0.25, -0.2) is 18.1 Å². The van der Waals surface area contributed by atoms with Crippen LogP contribution in [-0.2, 0) is 14.8 Å². The highest BCUT2D eigenvalue weighted by Crippen LogP contribution is 2.24. The van der Waals surface area contributed by atoms with Gasteiger partial charge in [-0.2, -0.15) is 5.10 Å². The fraction of sp³-hybridized carbons (Fsp3) is 0.238. The maximum Gasteiger partial charge on any atom is 0.263 e. The van der Waals surface area contributed by atoms with Crippen molar-refractivity contribution in [1.82, 2.24) is 24.4 Å². The third-order valence-electron chi connectivity index (χ3n) is 5.33. The number of rotatable bonds is 5. The number of likely N-dealkylation sites (N-methyl/N-ethyl adjacent to an activating group) is 1. The summed E-state index contributed by atoms with van der Waals surface area (Å²) >= 11 is 0. The third kappa shape index (κ3) is 3.93. The van der Waals surface area contributed by atoms with Crippen LogP contribution in [-0.4, -0.2) is 52.9 Å². The summed E-state index contributed by atoms with van der Waals surface area (Å²) in [6.45, 7) is 3.58. The van der Waals surface area contributed by atoms with Crippen molar-refractivity contribution >= 4 is 21.8 Å². The molecular formula is C21H22N6O3S. The van der Waals surface area contributed by atoms with Gasteiger partial charge in [0, 0.05) is 12.6 Å². The molecule has 3 aromatic rings. The molecule has 0 bridgehead atoms. The number of aliphatic imine (C=N–C) groups is 1. The molecule has 1 unspecified atom stereocenters. The van der Waals surface area contributed by atoms with Crippen molar-refractivity contribution in [3.63, 3.8) is 0 Å². The van der Waals surface area contributed by atoms with Crippen LogP contribution in [0.4, 0.5) is 0 Å². The Hall–Kier alpha value is -3.53. The second-order valence-electron chi connectivity index (χ2n) is 7.31. The average Bonchev–Trinajstić information content (AvgIpc) is 3.39. The van der Waals surface area contributed by atoms with Crippen LogP contribution >= 0.6 is 0 Å². The molecule has 2 aromatic carbocycles. The summed E-state index contributed by atoms with van der Waals surface area (Å²) in [5, 5.41) is 4.10. The van der Waals surface area contributed by atoms with E-state index in [1.807, 2.05) is 31.2 Å². The van der Waals surface area contributed by atoms with Gasteiger partial charge in [-0.05, 0) is 43.7 Å². The molecule has 2 heterocycles. The molecule has 31 heavy (non-hydrogen) atoms. The van der Waals surface area contributed by atoms with Crippen molar-refractivity contribution in [2.24, 2.45) is 4.99 Å². The van der Waals surface area contributed by atoms with Crippen molar-refractivity contribution < 1.29 is 13.2 Å². The van der Waals surface area contributed by atoms with Gasteiger partial charge in [-0.1, -0.05) is 24.3 Å². The molecule has 1 aliphatic heterocycles. The van der Waals surface area contributed by atoms with Crippen molar-refractivity contribution in [2.75, 3.05) is 7.05 Å². The lowest BCUT2D eigenvalue weighted by Crippen LogP contribution is -2.37. The molecule has 9 nitrogen and oxygen atoms in total. The molecule has 1 aromatic heterocycles. The van der Waals surface area contributed by atoms with Crippen LogP contribution < -0.4 is 4.72 Å². The lowest BCUT2D eigenvalue weighted by Gasteiger charge is -2.27. The highest BCUT2D eigenvalue weighted by Gasteiger charge is 2.32. The van der Waals surface area contributed by atoms with E-state index in [9.17, 15) is 13.2 Å². The summed E-state index contributed by atoms with van der Waals surface area (Å²) in [6, 6.07) is 13.3. The summed E-state index contributed by atoms with van der Waals surface area (Å²) < 4.78 is 28.6. The Morgan fingerprint density at radius 2 is 1.84 bits per heavy atom. The maximum atomic E-state index is 13.0. The normalized spacial score (nSPS) is 17.6. The van der Waals surface area contributed by atoms with E-state index in [4.69, 9.17) is 0 Å². The fourth-order valence-corrected chi connectivity index (χ4v) is 4.67. The molecule has 4 rings (SSSR count). The zero-order valence-electron chi connectivity index (χ0n) is 17.3. The number of amides is 1. The van der Waals surface area contributed by atoms with Crippen LogP contribution in [0.3, 0.4) is 0 Å². The summed E-state index contributed by atoms with van der Waals surface area (Å²) in [5.41, 5.74) is 2.29. The number of benzene rings is 2. The topological polar surface area (TPSA) is 110 Å². The van der Waals surface area contributed by atoms with Gasteiger partial charge in [0.05, 0.1) is 16.6 Å². The monoisotopic (exact) mass is 438 g/mol. The minimum absolute atomic E-state index is 0.169. The molecule has 0 saturated heterocycles. The first-order chi connectivity index (χ1) is 14.8. The van der Waals surface area contributed by atoms with E-state index in [0.29, 0.717) is 5.56 Å². The van der Waals surface area contributed by atoms with Gasteiger partial charge in [0.1, 0.15) is 24.5 Å². The largest absolute Gasteiger partial charge is 0.337 e. The highest BCUT2D eigenvalue weighted by molar-refractivity contribution is 7.90. The molecule has 160 valence electrons. The first-order valence-corrected chi connectivity index (χ1v) is 11.2. The molecule has 1 N–H and O–H groups in total. The zero-order chi connectivity index (χ0) is 22.2. The van der Waals surface area contributed by atoms with E-state index in [1.54, 1.807) is 48.1 Å². The number of hydrogen-bond acceptors (Lipinski definition) is 6. The van der Waals surface area contributed by atoms with E-state index in [0.717, 1.165) is 11.3 Å². The Morgan fingerprint density at radius 1 is 1.13 bits per heavy atom. The number of nitrogens with zero attached hydrogens (tertiary/aromatic N) is 5. The van der Waals surface area contributed by atoms with Crippen LogP contribution in [0.1, 0.15) is 31.0 Å². The SMILES string of the molecule is CC(c1ccc(-n2cncn2)cc1)N(C)C(=O)[C@H](C)N=C1NS(=O)(=O)c2ccccc21. The highest BCUT2D eigenvalue weighted by atomic mass is 32.2. The summed E-state index contributed by atoms with van der Waals surface area (Å²) in [4.78, 5) is 23.1. The Bertz CT molecular complexity index is 1240. The minimum Gasteiger partial charge on any atom is -0.337 e. The Morgan fingerprint density at radius 3 is 2.52 bits per heavy atom. The first-order valence-electron chi connectivity index (χ1n) is 9.69. The molecule has 0 saturated carbocycles. The van der Waals surface area contributed by atoms with Gasteiger partial charge in [0.2, 0.25) is 5.91 Å². The van der Waals surface area contributed by atoms with E-state index in [-0.39, 0.29) is 22.7 Å². The quantitative estimate of drug-likeness (QED) is 0.654. The second-order valence-corrected chi connectivity index (χ2v) is 8.96. The van der Waals surface area contributed by atoms with E-state index in [2.05, 4.69) is 19.8 Å². The number of carbonyl (C=O) groups excluding carboxylic acids is 1. The molecule has 0 aliphatic carbocycles. The Kier molecular flexibility index (Phi) is 5.32. The number of fused-ring (bicyclic) bond motifs is 1. The Labute approximate surface area is 180 Å². The third-order valence-corrected chi connectivity index (χ3v) is 6.73. The standard InChI is InChI=1S/C21H22N6O3S/c1-14(24-20-18-6-4-5-7-19(18)31(29,30)25-20)21(28)26(3)15(2)16-8-10-17(11-9-16)27-13-22-12-23-27/h4-15H,1-3H3,(H,24,25)/t14-,15?/m0/s1. The Balaban J connectivity index is 1.51. The van der Waals surface area contributed by atoms with Crippen LogP contribution in [0.15, 0.2) is 71.1 Å². The first kappa shape index (κ1) is 20.7. The molecule has 10 heteroatoms. The molecule has 1 aliphatic rings. The van der Waals surface area contributed by atoms with E-state index < -0.39 is 16.1 Å². The molecule has 0 radical (unpaired) electrons. The second kappa shape index (κ2) is 7.95. The molecule has 2 atom stereocenters. The maximum absolute atomic E-state index is 13.0. The van der Waals surface area contributed by atoms with Gasteiger partial charge in [0.15, 0.2) is 0 Å². The van der Waals surface area contributed by atoms with Crippen LogP contribution in [0.2, 0.25) is 0 Å². The van der Waals surface area contributed by atoms with Gasteiger partial charge >= 0.3 is 0 Å². The van der Waals surface area contributed by atoms with Gasteiger partial charge in [-0.15, -0.1) is 0 Å². The summed E-state index contributed by atoms with van der Waals surface area (Å²) in [6.07, 6.45) is 3.08. The van der Waals surface area contributed by atoms with Crippen molar-refractivity contribution in [3.05, 3.63) is 72.3 Å². The fourth-order valence-electron chi connectivity index (χ4n) is 3.43. The minimum atomic E-state index is -3.65. The van der Waals surface area contributed by atoms with Gasteiger partial charge < -0.3 is 4.90 Å². The summed E-state index contributed by atoms with van der Waals surface area (Å²) in [5.74, 6) is -0.0291. The van der Waals surface area contributed by atoms with Crippen molar-refractivity contribution in [2.45, 2.75) is 30.8 Å². The predicted molar refractivity (Wildman–Crippen MR) is 115 cm³/mol. The zero-order valence-corrected chi connectivity index (χ0v) is 18.1. The molecule has 0 fully saturated rings.